The summed E-state index contributed by atoms with van der Waals surface area (Å²) >= 11 is 0. The van der Waals surface area contributed by atoms with Gasteiger partial charge in [-0.25, -0.2) is 0 Å². The molecule has 0 saturated carbocycles. The minimum absolute atomic E-state index is 0.232. The van der Waals surface area contributed by atoms with Crippen LogP contribution in [0.4, 0.5) is 0 Å². The van der Waals surface area contributed by atoms with Gasteiger partial charge < -0.3 is 10.2 Å². The Kier molecular flexibility index (Phi) is 4.21. The predicted octanol–water partition coefficient (Wildman–Crippen LogP) is 0.0818. The Labute approximate surface area is 48.8 Å². The van der Waals surface area contributed by atoms with Crippen molar-refractivity contribution in [1.29, 1.82) is 0 Å². The molecule has 0 spiro atoms. The van der Waals surface area contributed by atoms with E-state index in [1.807, 2.05) is 0 Å². The Morgan fingerprint density at radius 3 is 2.62 bits per heavy atom. The summed E-state index contributed by atoms with van der Waals surface area (Å²) in [5.41, 5.74) is 0. The minimum Gasteiger partial charge on any atom is -0.393 e. The summed E-state index contributed by atoms with van der Waals surface area (Å²) in [6.45, 7) is 3.16. The first-order valence-electron chi connectivity index (χ1n) is 2.39. The Morgan fingerprint density at radius 2 is 2.25 bits per heavy atom. The maximum atomic E-state index is 8.60. The summed E-state index contributed by atoms with van der Waals surface area (Å²) in [6.07, 6.45) is 3.85. The van der Waals surface area contributed by atoms with Crippen LogP contribution in [0.2, 0.25) is 0 Å². The van der Waals surface area contributed by atoms with Gasteiger partial charge in [-0.15, -0.1) is 0 Å². The molecule has 8 heavy (non-hydrogen) atoms. The van der Waals surface area contributed by atoms with Crippen molar-refractivity contribution in [3.8, 4) is 0 Å². The van der Waals surface area contributed by atoms with Crippen molar-refractivity contribution in [2.24, 2.45) is 0 Å². The Morgan fingerprint density at radius 1 is 1.62 bits per heavy atom. The van der Waals surface area contributed by atoms with E-state index in [9.17, 15) is 0 Å². The minimum atomic E-state index is -0.743. The van der Waals surface area contributed by atoms with Gasteiger partial charge >= 0.3 is 0 Å². The van der Waals surface area contributed by atoms with Gasteiger partial charge in [0.25, 0.3) is 0 Å². The molecule has 1 unspecified atom stereocenters. The molecule has 0 aliphatic carbocycles. The molecule has 2 heteroatoms. The predicted molar refractivity (Wildman–Crippen MR) is 32.4 cm³/mol. The average molecular weight is 114 g/mol. The second kappa shape index (κ2) is 4.56. The van der Waals surface area contributed by atoms with Crippen molar-refractivity contribution in [1.82, 2.24) is 0 Å². The van der Waals surface area contributed by atoms with Crippen LogP contribution in [0.1, 0.15) is 0 Å². The number of aliphatic hydroxyl groups is 2. The van der Waals surface area contributed by atoms with Gasteiger partial charge in [-0.05, 0) is 0 Å². The molecule has 0 saturated heterocycles. The summed E-state index contributed by atoms with van der Waals surface area (Å²) < 4.78 is 0. The van der Waals surface area contributed by atoms with Crippen molar-refractivity contribution >= 4 is 0 Å². The number of rotatable bonds is 3. The van der Waals surface area contributed by atoms with Crippen LogP contribution in [0.5, 0.6) is 0 Å². The van der Waals surface area contributed by atoms with Gasteiger partial charge in [0.1, 0.15) is 0 Å². The number of hydrogen-bond acceptors (Lipinski definition) is 2. The number of aliphatic hydroxyl groups excluding tert-OH is 2. The SMILES string of the molecule is C=C/C=C/C(O)CO. The van der Waals surface area contributed by atoms with Gasteiger partial charge in [-0.3, -0.25) is 0 Å². The molecule has 2 nitrogen and oxygen atoms in total. The Hall–Kier alpha value is -0.600. The number of allylic oxidation sites excluding steroid dienone is 2. The van der Waals surface area contributed by atoms with Crippen molar-refractivity contribution in [3.63, 3.8) is 0 Å². The zero-order chi connectivity index (χ0) is 6.41. The molecule has 2 N–H and O–H groups in total. The van der Waals surface area contributed by atoms with E-state index in [0.29, 0.717) is 0 Å². The molecule has 0 bridgehead atoms. The van der Waals surface area contributed by atoms with Crippen LogP contribution >= 0.6 is 0 Å². The van der Waals surface area contributed by atoms with E-state index in [1.54, 1.807) is 12.2 Å². The molecule has 1 atom stereocenters. The smallest absolute Gasteiger partial charge is 0.0954 e. The lowest BCUT2D eigenvalue weighted by Gasteiger charge is -1.94. The van der Waals surface area contributed by atoms with Gasteiger partial charge in [0, 0.05) is 0 Å². The standard InChI is InChI=1S/C6H10O2/c1-2-3-4-6(8)5-7/h2-4,6-8H,1,5H2/b4-3+. The zero-order valence-electron chi connectivity index (χ0n) is 4.62. The first-order valence-corrected chi connectivity index (χ1v) is 2.39. The van der Waals surface area contributed by atoms with Gasteiger partial charge in [0.2, 0.25) is 0 Å². The third-order valence-corrected chi connectivity index (χ3v) is 0.656. The van der Waals surface area contributed by atoms with Gasteiger partial charge in [-0.1, -0.05) is 24.8 Å². The van der Waals surface area contributed by atoms with Crippen molar-refractivity contribution in [2.75, 3.05) is 6.61 Å². The molecule has 0 aliphatic rings. The molecule has 0 aromatic carbocycles. The third kappa shape index (κ3) is 3.59. The molecule has 0 aromatic rings. The highest BCUT2D eigenvalue weighted by molar-refractivity contribution is 5.00. The third-order valence-electron chi connectivity index (χ3n) is 0.656. The lowest BCUT2D eigenvalue weighted by molar-refractivity contribution is 0.131. The molecule has 0 radical (unpaired) electrons. The van der Waals surface area contributed by atoms with E-state index in [2.05, 4.69) is 6.58 Å². The lowest BCUT2D eigenvalue weighted by atomic mass is 10.3. The van der Waals surface area contributed by atoms with Crippen LogP contribution in [0.3, 0.4) is 0 Å². The molecule has 0 heterocycles. The highest BCUT2D eigenvalue weighted by Crippen LogP contribution is 1.82. The van der Waals surface area contributed by atoms with Gasteiger partial charge in [0.15, 0.2) is 0 Å². The largest absolute Gasteiger partial charge is 0.393 e. The summed E-state index contributed by atoms with van der Waals surface area (Å²) in [7, 11) is 0. The molecule has 0 fully saturated rings. The fraction of sp³-hybridized carbons (Fsp3) is 0.333. The second-order valence-corrected chi connectivity index (χ2v) is 1.37. The summed E-state index contributed by atoms with van der Waals surface area (Å²) in [5.74, 6) is 0. The van der Waals surface area contributed by atoms with Crippen LogP contribution in [0.15, 0.2) is 24.8 Å². The number of hydrogen-bond donors (Lipinski definition) is 2. The van der Waals surface area contributed by atoms with Gasteiger partial charge in [0.05, 0.1) is 12.7 Å². The molecule has 0 aromatic heterocycles. The Bertz CT molecular complexity index is 86.5. The fourth-order valence-corrected chi connectivity index (χ4v) is 0.268. The first kappa shape index (κ1) is 7.40. The zero-order valence-corrected chi connectivity index (χ0v) is 4.62. The Balaban J connectivity index is 3.35. The van der Waals surface area contributed by atoms with Crippen LogP contribution < -0.4 is 0 Å². The molecular weight excluding hydrogens is 104 g/mol. The summed E-state index contributed by atoms with van der Waals surface area (Å²) in [6, 6.07) is 0. The monoisotopic (exact) mass is 114 g/mol. The van der Waals surface area contributed by atoms with Gasteiger partial charge in [-0.2, -0.15) is 0 Å². The van der Waals surface area contributed by atoms with E-state index < -0.39 is 6.10 Å². The van der Waals surface area contributed by atoms with Crippen LogP contribution in [0, 0.1) is 0 Å². The van der Waals surface area contributed by atoms with Crippen LogP contribution in [-0.4, -0.2) is 22.9 Å². The van der Waals surface area contributed by atoms with E-state index in [-0.39, 0.29) is 6.61 Å². The topological polar surface area (TPSA) is 40.5 Å². The lowest BCUT2D eigenvalue weighted by Crippen LogP contribution is -2.06. The molecule has 0 amide bonds. The first-order chi connectivity index (χ1) is 3.81. The summed E-state index contributed by atoms with van der Waals surface area (Å²) in [5, 5.41) is 16.8. The average Bonchev–Trinajstić information content (AvgIpc) is 1.83. The van der Waals surface area contributed by atoms with E-state index in [0.717, 1.165) is 0 Å². The molecule has 0 rings (SSSR count). The quantitative estimate of drug-likeness (QED) is 0.510. The molecule has 0 aliphatic heterocycles. The highest BCUT2D eigenvalue weighted by Gasteiger charge is 1.89. The fourth-order valence-electron chi connectivity index (χ4n) is 0.268. The normalized spacial score (nSPS) is 14.2. The van der Waals surface area contributed by atoms with Crippen molar-refractivity contribution in [2.45, 2.75) is 6.10 Å². The maximum Gasteiger partial charge on any atom is 0.0954 e. The van der Waals surface area contributed by atoms with Crippen molar-refractivity contribution in [3.05, 3.63) is 24.8 Å². The van der Waals surface area contributed by atoms with Crippen LogP contribution in [0.25, 0.3) is 0 Å². The highest BCUT2D eigenvalue weighted by atomic mass is 16.3. The van der Waals surface area contributed by atoms with Crippen LogP contribution in [-0.2, 0) is 0 Å². The summed E-state index contributed by atoms with van der Waals surface area (Å²) in [4.78, 5) is 0. The van der Waals surface area contributed by atoms with E-state index in [4.69, 9.17) is 10.2 Å². The second-order valence-electron chi connectivity index (χ2n) is 1.37. The molecule has 46 valence electrons. The molecular formula is C6H10O2. The van der Waals surface area contributed by atoms with E-state index in [1.165, 1.54) is 6.08 Å². The maximum absolute atomic E-state index is 8.60. The van der Waals surface area contributed by atoms with Crippen molar-refractivity contribution < 1.29 is 10.2 Å². The van der Waals surface area contributed by atoms with E-state index >= 15 is 0 Å².